The molecular weight excluding hydrogens is 261 g/mol. The third-order valence-corrected chi connectivity index (χ3v) is 3.41. The van der Waals surface area contributed by atoms with Crippen molar-refractivity contribution >= 4 is 15.6 Å². The maximum absolute atomic E-state index is 14.1. The van der Waals surface area contributed by atoms with Crippen LogP contribution in [0, 0.1) is 5.82 Å². The number of rotatable bonds is 5. The lowest BCUT2D eigenvalue weighted by atomic mass is 10.1. The largest absolute Gasteiger partial charge is 0.495 e. The number of benzene rings is 1. The number of sulfone groups is 1. The van der Waals surface area contributed by atoms with Gasteiger partial charge in [-0.2, -0.15) is 0 Å². The number of ether oxygens (including phenoxy) is 1. The summed E-state index contributed by atoms with van der Waals surface area (Å²) in [6.45, 7) is -0.0769. The number of hydrogen-bond donors (Lipinski definition) is 1. The molecule has 0 atom stereocenters. The molecule has 0 radical (unpaired) electrons. The first-order chi connectivity index (χ1) is 8.32. The molecular formula is C11H14FNO4S. The number of likely N-dealkylation sites (N-methyl/N-ethyl adjacent to an activating group) is 1. The molecule has 1 N–H and O–H groups in total. The van der Waals surface area contributed by atoms with Gasteiger partial charge >= 0.3 is 0 Å². The van der Waals surface area contributed by atoms with Gasteiger partial charge in [-0.25, -0.2) is 12.8 Å². The predicted molar refractivity (Wildman–Crippen MR) is 64.3 cm³/mol. The topological polar surface area (TPSA) is 72.5 Å². The van der Waals surface area contributed by atoms with E-state index in [2.05, 4.69) is 5.32 Å². The smallest absolute Gasteiger partial charge is 0.182 e. The van der Waals surface area contributed by atoms with Gasteiger partial charge in [0.2, 0.25) is 0 Å². The van der Waals surface area contributed by atoms with Gasteiger partial charge in [-0.15, -0.1) is 0 Å². The van der Waals surface area contributed by atoms with E-state index in [1.54, 1.807) is 0 Å². The molecule has 0 amide bonds. The molecule has 0 saturated heterocycles. The molecule has 1 aromatic rings. The van der Waals surface area contributed by atoms with Crippen LogP contribution in [0.4, 0.5) is 4.39 Å². The summed E-state index contributed by atoms with van der Waals surface area (Å²) in [5, 5.41) is 2.58. The van der Waals surface area contributed by atoms with Crippen LogP contribution < -0.4 is 10.1 Å². The molecule has 0 aromatic heterocycles. The highest BCUT2D eigenvalue weighted by molar-refractivity contribution is 7.90. The number of methoxy groups -OCH3 is 1. The Morgan fingerprint density at radius 1 is 1.44 bits per heavy atom. The van der Waals surface area contributed by atoms with E-state index >= 15 is 0 Å². The van der Waals surface area contributed by atoms with Crippen molar-refractivity contribution in [1.82, 2.24) is 5.32 Å². The first kappa shape index (κ1) is 14.6. The van der Waals surface area contributed by atoms with Crippen molar-refractivity contribution in [2.24, 2.45) is 0 Å². The maximum atomic E-state index is 14.1. The Kier molecular flexibility index (Phi) is 4.42. The van der Waals surface area contributed by atoms with Gasteiger partial charge in [-0.3, -0.25) is 4.79 Å². The van der Waals surface area contributed by atoms with E-state index in [0.29, 0.717) is 0 Å². The first-order valence-electron chi connectivity index (χ1n) is 5.07. The van der Waals surface area contributed by atoms with Crippen LogP contribution in [-0.2, 0) is 9.84 Å². The zero-order valence-electron chi connectivity index (χ0n) is 10.3. The highest BCUT2D eigenvalue weighted by atomic mass is 32.2. The molecule has 0 fully saturated rings. The van der Waals surface area contributed by atoms with Crippen molar-refractivity contribution in [2.75, 3.05) is 27.0 Å². The molecule has 0 aliphatic heterocycles. The van der Waals surface area contributed by atoms with Gasteiger partial charge in [0.15, 0.2) is 21.4 Å². The number of hydrogen-bond acceptors (Lipinski definition) is 5. The number of Topliss-reactive ketones (excluding diaryl/α,β-unsaturated/α-hetero) is 1. The molecule has 18 heavy (non-hydrogen) atoms. The quantitative estimate of drug-likeness (QED) is 0.798. The fraction of sp³-hybridized carbons (Fsp3) is 0.364. The van der Waals surface area contributed by atoms with Crippen molar-refractivity contribution in [1.29, 1.82) is 0 Å². The summed E-state index contributed by atoms with van der Waals surface area (Å²) in [5.41, 5.74) is -0.273. The average molecular weight is 275 g/mol. The monoisotopic (exact) mass is 275 g/mol. The average Bonchev–Trinajstić information content (AvgIpc) is 2.26. The van der Waals surface area contributed by atoms with Crippen LogP contribution in [0.3, 0.4) is 0 Å². The van der Waals surface area contributed by atoms with E-state index < -0.39 is 26.3 Å². The zero-order chi connectivity index (χ0) is 13.9. The lowest BCUT2D eigenvalue weighted by molar-refractivity contribution is 0.0989. The molecule has 0 aliphatic rings. The molecule has 0 spiro atoms. The first-order valence-corrected chi connectivity index (χ1v) is 6.96. The van der Waals surface area contributed by atoms with Gasteiger partial charge in [0.25, 0.3) is 0 Å². The second-order valence-electron chi connectivity index (χ2n) is 3.68. The molecule has 0 bridgehead atoms. The van der Waals surface area contributed by atoms with Crippen molar-refractivity contribution in [3.63, 3.8) is 0 Å². The van der Waals surface area contributed by atoms with Gasteiger partial charge in [-0.1, -0.05) is 0 Å². The highest BCUT2D eigenvalue weighted by Crippen LogP contribution is 2.29. The number of carbonyl (C=O) groups excluding carboxylic acids is 1. The standard InChI is InChI=1S/C11H14FNO4S/c1-13-6-8(14)7-4-5-9(17-2)11(10(7)12)18(3,15)16/h4-5,13H,6H2,1-3H3. The van der Waals surface area contributed by atoms with Crippen LogP contribution in [-0.4, -0.2) is 41.2 Å². The number of halogens is 1. The molecule has 100 valence electrons. The van der Waals surface area contributed by atoms with Gasteiger partial charge in [-0.05, 0) is 19.2 Å². The molecule has 0 aliphatic carbocycles. The summed E-state index contributed by atoms with van der Waals surface area (Å²) >= 11 is 0. The Morgan fingerprint density at radius 3 is 2.50 bits per heavy atom. The fourth-order valence-electron chi connectivity index (χ4n) is 1.52. The zero-order valence-corrected chi connectivity index (χ0v) is 11.1. The van der Waals surface area contributed by atoms with Crippen molar-refractivity contribution in [3.05, 3.63) is 23.5 Å². The maximum Gasteiger partial charge on any atom is 0.182 e. The van der Waals surface area contributed by atoms with Crippen molar-refractivity contribution in [2.45, 2.75) is 4.90 Å². The SMILES string of the molecule is CNCC(=O)c1ccc(OC)c(S(C)(=O)=O)c1F. The number of ketones is 1. The Morgan fingerprint density at radius 2 is 2.06 bits per heavy atom. The van der Waals surface area contributed by atoms with E-state index in [9.17, 15) is 17.6 Å². The van der Waals surface area contributed by atoms with E-state index in [-0.39, 0.29) is 17.9 Å². The Balaban J connectivity index is 3.49. The molecule has 0 saturated carbocycles. The number of nitrogens with one attached hydrogen (secondary N) is 1. The second-order valence-corrected chi connectivity index (χ2v) is 5.64. The summed E-state index contributed by atoms with van der Waals surface area (Å²) < 4.78 is 41.9. The summed E-state index contributed by atoms with van der Waals surface area (Å²) in [7, 11) is -1.05. The number of carbonyl (C=O) groups is 1. The second kappa shape index (κ2) is 5.45. The van der Waals surface area contributed by atoms with Crippen LogP contribution >= 0.6 is 0 Å². The molecule has 1 rings (SSSR count). The van der Waals surface area contributed by atoms with Crippen LogP contribution in [0.25, 0.3) is 0 Å². The van der Waals surface area contributed by atoms with Crippen molar-refractivity contribution < 1.29 is 22.3 Å². The fourth-order valence-corrected chi connectivity index (χ4v) is 2.47. The lowest BCUT2D eigenvalue weighted by Gasteiger charge is -2.10. The predicted octanol–water partition coefficient (Wildman–Crippen LogP) is 0.640. The summed E-state index contributed by atoms with van der Waals surface area (Å²) in [5.74, 6) is -1.71. The summed E-state index contributed by atoms with van der Waals surface area (Å²) in [6, 6.07) is 2.48. The summed E-state index contributed by atoms with van der Waals surface area (Å²) in [6.07, 6.45) is 0.861. The normalized spacial score (nSPS) is 11.3. The third-order valence-electron chi connectivity index (χ3n) is 2.29. The molecule has 0 unspecified atom stereocenters. The van der Waals surface area contributed by atoms with Crippen LogP contribution in [0.1, 0.15) is 10.4 Å². The minimum absolute atomic E-state index is 0.0769. The van der Waals surface area contributed by atoms with E-state index in [0.717, 1.165) is 6.26 Å². The van der Waals surface area contributed by atoms with Crippen LogP contribution in [0.15, 0.2) is 17.0 Å². The van der Waals surface area contributed by atoms with E-state index in [1.165, 1.54) is 26.3 Å². The van der Waals surface area contributed by atoms with Crippen LogP contribution in [0.2, 0.25) is 0 Å². The van der Waals surface area contributed by atoms with Crippen LogP contribution in [0.5, 0.6) is 5.75 Å². The molecule has 7 heteroatoms. The highest BCUT2D eigenvalue weighted by Gasteiger charge is 2.25. The molecule has 0 heterocycles. The van der Waals surface area contributed by atoms with Gasteiger partial charge in [0.05, 0.1) is 19.2 Å². The minimum atomic E-state index is -3.82. The van der Waals surface area contributed by atoms with Gasteiger partial charge in [0, 0.05) is 6.26 Å². The van der Waals surface area contributed by atoms with E-state index in [1.807, 2.05) is 0 Å². The van der Waals surface area contributed by atoms with Crippen molar-refractivity contribution in [3.8, 4) is 5.75 Å². The Labute approximate surface area is 105 Å². The van der Waals surface area contributed by atoms with E-state index in [4.69, 9.17) is 4.74 Å². The lowest BCUT2D eigenvalue weighted by Crippen LogP contribution is -2.20. The summed E-state index contributed by atoms with van der Waals surface area (Å²) in [4.78, 5) is 11.0. The Hall–Kier alpha value is -1.47. The minimum Gasteiger partial charge on any atom is -0.495 e. The third kappa shape index (κ3) is 2.85. The molecule has 1 aromatic carbocycles. The van der Waals surface area contributed by atoms with Gasteiger partial charge in [0.1, 0.15) is 10.6 Å². The van der Waals surface area contributed by atoms with Gasteiger partial charge < -0.3 is 10.1 Å². The molecule has 5 nitrogen and oxygen atoms in total. The Bertz CT molecular complexity index is 569.